The molecule has 1 aliphatic rings. The topological polar surface area (TPSA) is 67.4 Å². The van der Waals surface area contributed by atoms with Gasteiger partial charge in [0.15, 0.2) is 0 Å². The lowest BCUT2D eigenvalue weighted by Gasteiger charge is -2.37. The summed E-state index contributed by atoms with van der Waals surface area (Å²) in [5.41, 5.74) is 1.49. The number of halogens is 3. The SMILES string of the molecule is Cc1cc([N+](=O)[O-])cc(Cl)c1N1CCN(Cc2nccn2C(F)F)CC1. The van der Waals surface area contributed by atoms with Gasteiger partial charge in [0.1, 0.15) is 5.82 Å². The molecule has 0 aliphatic carbocycles. The van der Waals surface area contributed by atoms with Crippen LogP contribution in [0.1, 0.15) is 17.9 Å². The second-order valence-electron chi connectivity index (χ2n) is 6.14. The Kier molecular flexibility index (Phi) is 5.38. The van der Waals surface area contributed by atoms with Crippen LogP contribution in [0.15, 0.2) is 24.5 Å². The number of imidazole rings is 1. The van der Waals surface area contributed by atoms with Crippen LogP contribution in [0.2, 0.25) is 5.02 Å². The summed E-state index contributed by atoms with van der Waals surface area (Å²) in [7, 11) is 0. The highest BCUT2D eigenvalue weighted by Gasteiger charge is 2.24. The predicted octanol–water partition coefficient (Wildman–Crippen LogP) is 3.47. The van der Waals surface area contributed by atoms with Crippen LogP contribution < -0.4 is 4.90 Å². The maximum Gasteiger partial charge on any atom is 0.319 e. The van der Waals surface area contributed by atoms with E-state index in [4.69, 9.17) is 11.6 Å². The fraction of sp³-hybridized carbons (Fsp3) is 0.438. The van der Waals surface area contributed by atoms with Crippen molar-refractivity contribution >= 4 is 23.0 Å². The number of nitro benzene ring substituents is 1. The maximum absolute atomic E-state index is 12.9. The van der Waals surface area contributed by atoms with Crippen molar-refractivity contribution in [1.29, 1.82) is 0 Å². The minimum atomic E-state index is -2.60. The summed E-state index contributed by atoms with van der Waals surface area (Å²) in [6.07, 6.45) is 2.65. The van der Waals surface area contributed by atoms with Crippen LogP contribution in [0.5, 0.6) is 0 Å². The van der Waals surface area contributed by atoms with Gasteiger partial charge >= 0.3 is 6.55 Å². The van der Waals surface area contributed by atoms with Crippen LogP contribution in [0, 0.1) is 17.0 Å². The molecule has 1 aliphatic heterocycles. The number of hydrogen-bond donors (Lipinski definition) is 0. The third kappa shape index (κ3) is 3.78. The Morgan fingerprint density at radius 3 is 2.58 bits per heavy atom. The highest BCUT2D eigenvalue weighted by Crippen LogP contribution is 2.34. The van der Waals surface area contributed by atoms with Crippen molar-refractivity contribution in [3.05, 3.63) is 51.1 Å². The largest absolute Gasteiger partial charge is 0.368 e. The number of piperazine rings is 1. The zero-order chi connectivity index (χ0) is 18.8. The highest BCUT2D eigenvalue weighted by atomic mass is 35.5. The highest BCUT2D eigenvalue weighted by molar-refractivity contribution is 6.33. The quantitative estimate of drug-likeness (QED) is 0.582. The first-order valence-corrected chi connectivity index (χ1v) is 8.46. The number of nitrogens with zero attached hydrogens (tertiary/aromatic N) is 5. The molecule has 0 amide bonds. The Hall–Kier alpha value is -2.26. The van der Waals surface area contributed by atoms with Crippen LogP contribution in [-0.4, -0.2) is 45.6 Å². The summed E-state index contributed by atoms with van der Waals surface area (Å²) in [4.78, 5) is 18.6. The second kappa shape index (κ2) is 7.55. The van der Waals surface area contributed by atoms with E-state index in [1.165, 1.54) is 24.5 Å². The van der Waals surface area contributed by atoms with Gasteiger partial charge in [0, 0.05) is 50.7 Å². The van der Waals surface area contributed by atoms with Crippen molar-refractivity contribution in [3.8, 4) is 0 Å². The van der Waals surface area contributed by atoms with E-state index >= 15 is 0 Å². The Balaban J connectivity index is 1.67. The number of aromatic nitrogens is 2. The van der Waals surface area contributed by atoms with Gasteiger partial charge in [-0.2, -0.15) is 8.78 Å². The molecule has 1 aromatic carbocycles. The van der Waals surface area contributed by atoms with Gasteiger partial charge < -0.3 is 4.90 Å². The summed E-state index contributed by atoms with van der Waals surface area (Å²) >= 11 is 6.26. The molecule has 0 unspecified atom stereocenters. The molecular weight excluding hydrogens is 368 g/mol. The van der Waals surface area contributed by atoms with E-state index in [0.717, 1.165) is 15.8 Å². The minimum Gasteiger partial charge on any atom is -0.368 e. The van der Waals surface area contributed by atoms with Crippen molar-refractivity contribution in [2.75, 3.05) is 31.1 Å². The van der Waals surface area contributed by atoms with Gasteiger partial charge in [-0.05, 0) is 12.5 Å². The van der Waals surface area contributed by atoms with Gasteiger partial charge in [-0.1, -0.05) is 11.6 Å². The Bertz CT molecular complexity index is 783. The molecule has 140 valence electrons. The van der Waals surface area contributed by atoms with E-state index in [0.29, 0.717) is 43.6 Å². The van der Waals surface area contributed by atoms with Crippen LogP contribution >= 0.6 is 11.6 Å². The van der Waals surface area contributed by atoms with E-state index in [1.807, 2.05) is 4.90 Å². The van der Waals surface area contributed by atoms with E-state index < -0.39 is 11.5 Å². The zero-order valence-corrected chi connectivity index (χ0v) is 14.9. The smallest absolute Gasteiger partial charge is 0.319 e. The van der Waals surface area contributed by atoms with E-state index in [-0.39, 0.29) is 5.69 Å². The average Bonchev–Trinajstić information content (AvgIpc) is 3.04. The summed E-state index contributed by atoms with van der Waals surface area (Å²) in [6.45, 7) is 2.14. The van der Waals surface area contributed by atoms with Gasteiger partial charge in [-0.25, -0.2) is 4.98 Å². The predicted molar refractivity (Wildman–Crippen MR) is 93.8 cm³/mol. The Labute approximate surface area is 153 Å². The van der Waals surface area contributed by atoms with Gasteiger partial charge in [0.2, 0.25) is 0 Å². The molecule has 0 radical (unpaired) electrons. The van der Waals surface area contributed by atoms with Gasteiger partial charge in [-0.15, -0.1) is 0 Å². The molecule has 0 spiro atoms. The van der Waals surface area contributed by atoms with Gasteiger partial charge in [-0.3, -0.25) is 19.6 Å². The van der Waals surface area contributed by atoms with Gasteiger partial charge in [0.05, 0.1) is 22.2 Å². The average molecular weight is 386 g/mol. The molecule has 10 heteroatoms. The Morgan fingerprint density at radius 2 is 2.00 bits per heavy atom. The van der Waals surface area contributed by atoms with Crippen LogP contribution in [0.3, 0.4) is 0 Å². The second-order valence-corrected chi connectivity index (χ2v) is 6.55. The van der Waals surface area contributed by atoms with Crippen molar-refractivity contribution in [3.63, 3.8) is 0 Å². The lowest BCUT2D eigenvalue weighted by atomic mass is 10.1. The van der Waals surface area contributed by atoms with Crippen molar-refractivity contribution in [2.45, 2.75) is 20.0 Å². The van der Waals surface area contributed by atoms with Crippen molar-refractivity contribution in [1.82, 2.24) is 14.5 Å². The maximum atomic E-state index is 12.9. The summed E-state index contributed by atoms with van der Waals surface area (Å²) in [6, 6.07) is 2.86. The van der Waals surface area contributed by atoms with Gasteiger partial charge in [0.25, 0.3) is 5.69 Å². The van der Waals surface area contributed by atoms with E-state index in [1.54, 1.807) is 6.92 Å². The number of nitro groups is 1. The number of rotatable bonds is 5. The molecule has 2 aromatic rings. The van der Waals surface area contributed by atoms with E-state index in [2.05, 4.69) is 9.88 Å². The first-order chi connectivity index (χ1) is 12.4. The first-order valence-electron chi connectivity index (χ1n) is 8.08. The lowest BCUT2D eigenvalue weighted by molar-refractivity contribution is -0.384. The van der Waals surface area contributed by atoms with Crippen LogP contribution in [0.4, 0.5) is 20.2 Å². The number of aryl methyl sites for hydroxylation is 1. The Morgan fingerprint density at radius 1 is 1.31 bits per heavy atom. The molecule has 0 saturated carbocycles. The molecular formula is C16H18ClF2N5O2. The lowest BCUT2D eigenvalue weighted by Crippen LogP contribution is -2.46. The first kappa shape index (κ1) is 18.5. The fourth-order valence-corrected chi connectivity index (χ4v) is 3.58. The molecule has 1 fully saturated rings. The summed E-state index contributed by atoms with van der Waals surface area (Å²) in [5, 5.41) is 11.3. The normalized spacial score (nSPS) is 15.7. The molecule has 1 saturated heterocycles. The van der Waals surface area contributed by atoms with E-state index in [9.17, 15) is 18.9 Å². The summed E-state index contributed by atoms with van der Waals surface area (Å²) in [5.74, 6) is 0.331. The standard InChI is InChI=1S/C16H18ClF2N5O2/c1-11-8-12(24(25)26)9-13(17)15(11)22-6-4-21(5-7-22)10-14-20-2-3-23(14)16(18)19/h2-3,8-9,16H,4-7,10H2,1H3. The monoisotopic (exact) mass is 385 g/mol. The molecule has 0 bridgehead atoms. The van der Waals surface area contributed by atoms with Crippen LogP contribution in [0.25, 0.3) is 0 Å². The third-order valence-electron chi connectivity index (χ3n) is 4.46. The third-order valence-corrected chi connectivity index (χ3v) is 4.75. The molecule has 0 atom stereocenters. The fourth-order valence-electron chi connectivity index (χ4n) is 3.20. The zero-order valence-electron chi connectivity index (χ0n) is 14.1. The molecule has 2 heterocycles. The number of benzene rings is 1. The molecule has 1 aromatic heterocycles. The minimum absolute atomic E-state index is 0.0336. The number of alkyl halides is 2. The van der Waals surface area contributed by atoms with Crippen molar-refractivity contribution < 1.29 is 13.7 Å². The number of non-ortho nitro benzene ring substituents is 1. The summed E-state index contributed by atoms with van der Waals surface area (Å²) < 4.78 is 26.7. The van der Waals surface area contributed by atoms with Crippen molar-refractivity contribution in [2.24, 2.45) is 0 Å². The molecule has 7 nitrogen and oxygen atoms in total. The number of hydrogen-bond acceptors (Lipinski definition) is 5. The number of anilines is 1. The van der Waals surface area contributed by atoms with Crippen LogP contribution in [-0.2, 0) is 6.54 Å². The molecule has 26 heavy (non-hydrogen) atoms. The molecule has 0 N–H and O–H groups in total. The molecule has 3 rings (SSSR count).